The Balaban J connectivity index is 2.34. The Morgan fingerprint density at radius 1 is 1.54 bits per heavy atom. The Labute approximate surface area is 79.3 Å². The van der Waals surface area contributed by atoms with Gasteiger partial charge in [-0.2, -0.15) is 0 Å². The number of rotatable bonds is 3. The van der Waals surface area contributed by atoms with Crippen molar-refractivity contribution < 1.29 is 4.79 Å². The minimum atomic E-state index is -0.112. The quantitative estimate of drug-likeness (QED) is 0.602. The van der Waals surface area contributed by atoms with E-state index in [4.69, 9.17) is 5.73 Å². The average molecular weight is 185 g/mol. The maximum atomic E-state index is 11.3. The molecule has 0 unspecified atom stereocenters. The van der Waals surface area contributed by atoms with E-state index in [0.717, 1.165) is 12.8 Å². The molecular weight excluding hydrogens is 166 g/mol. The lowest BCUT2D eigenvalue weighted by atomic mass is 9.77. The fraction of sp³-hybridized carbons (Fsp3) is 0.889. The molecule has 0 radical (unpaired) electrons. The number of amides is 2. The first-order chi connectivity index (χ1) is 6.08. The number of urea groups is 1. The van der Waals surface area contributed by atoms with Gasteiger partial charge in [0, 0.05) is 12.6 Å². The molecule has 2 amide bonds. The minimum Gasteiger partial charge on any atom is -0.336 e. The fourth-order valence-corrected chi connectivity index (χ4v) is 1.52. The molecule has 0 aromatic rings. The molecule has 0 aromatic heterocycles. The molecule has 0 saturated heterocycles. The summed E-state index contributed by atoms with van der Waals surface area (Å²) in [5.74, 6) is 0. The van der Waals surface area contributed by atoms with Crippen LogP contribution in [0.15, 0.2) is 0 Å². The molecule has 0 heterocycles. The van der Waals surface area contributed by atoms with Gasteiger partial charge in [-0.05, 0) is 33.1 Å². The van der Waals surface area contributed by atoms with E-state index in [0.29, 0.717) is 6.54 Å². The molecule has 0 bridgehead atoms. The highest BCUT2D eigenvalue weighted by molar-refractivity contribution is 5.75. The first kappa shape index (κ1) is 10.3. The Morgan fingerprint density at radius 2 is 2.15 bits per heavy atom. The van der Waals surface area contributed by atoms with Crippen molar-refractivity contribution in [1.29, 1.82) is 0 Å². The third-order valence-electron chi connectivity index (χ3n) is 2.50. The summed E-state index contributed by atoms with van der Waals surface area (Å²) in [6.45, 7) is 4.42. The normalized spacial score (nSPS) is 19.4. The smallest absolute Gasteiger partial charge is 0.315 e. The molecule has 0 aliphatic heterocycles. The van der Waals surface area contributed by atoms with Crippen molar-refractivity contribution in [2.75, 3.05) is 6.54 Å². The van der Waals surface area contributed by atoms with Crippen molar-refractivity contribution in [3.63, 3.8) is 0 Å². The highest BCUT2D eigenvalue weighted by Crippen LogP contribution is 2.30. The van der Waals surface area contributed by atoms with Gasteiger partial charge in [-0.15, -0.1) is 0 Å². The summed E-state index contributed by atoms with van der Waals surface area (Å²) in [5.41, 5.74) is 5.49. The van der Waals surface area contributed by atoms with Crippen molar-refractivity contribution in [1.82, 2.24) is 10.6 Å². The van der Waals surface area contributed by atoms with Crippen LogP contribution in [-0.4, -0.2) is 24.2 Å². The fourth-order valence-electron chi connectivity index (χ4n) is 1.52. The van der Waals surface area contributed by atoms with Gasteiger partial charge in [0.1, 0.15) is 0 Å². The Kier molecular flexibility index (Phi) is 3.14. The lowest BCUT2D eigenvalue weighted by molar-refractivity contribution is 0.181. The van der Waals surface area contributed by atoms with Crippen LogP contribution in [-0.2, 0) is 0 Å². The number of hydrogen-bond donors (Lipinski definition) is 3. The molecule has 1 fully saturated rings. The number of nitrogens with one attached hydrogen (secondary N) is 2. The average Bonchev–Trinajstić information content (AvgIpc) is 1.95. The van der Waals surface area contributed by atoms with Crippen LogP contribution in [0.1, 0.15) is 33.1 Å². The molecule has 1 aliphatic carbocycles. The van der Waals surface area contributed by atoms with E-state index in [1.54, 1.807) is 0 Å². The monoisotopic (exact) mass is 185 g/mol. The van der Waals surface area contributed by atoms with Crippen LogP contribution in [0.2, 0.25) is 0 Å². The predicted molar refractivity (Wildman–Crippen MR) is 52.4 cm³/mol. The zero-order chi connectivity index (χ0) is 9.90. The van der Waals surface area contributed by atoms with Crippen LogP contribution in [0, 0.1) is 0 Å². The van der Waals surface area contributed by atoms with Gasteiger partial charge in [-0.3, -0.25) is 0 Å². The number of nitrogens with two attached hydrogens (primary N) is 1. The molecule has 1 saturated carbocycles. The van der Waals surface area contributed by atoms with Crippen LogP contribution < -0.4 is 16.4 Å². The molecule has 0 atom stereocenters. The molecule has 1 aliphatic rings. The van der Waals surface area contributed by atoms with Crippen molar-refractivity contribution in [2.24, 2.45) is 5.73 Å². The molecule has 0 spiro atoms. The summed E-state index contributed by atoms with van der Waals surface area (Å²) < 4.78 is 0. The van der Waals surface area contributed by atoms with E-state index in [9.17, 15) is 4.79 Å². The van der Waals surface area contributed by atoms with Crippen LogP contribution in [0.25, 0.3) is 0 Å². The summed E-state index contributed by atoms with van der Waals surface area (Å²) in [6.07, 6.45) is 3.18. The van der Waals surface area contributed by atoms with Gasteiger partial charge in [0.25, 0.3) is 0 Å². The lowest BCUT2D eigenvalue weighted by Crippen LogP contribution is -2.60. The van der Waals surface area contributed by atoms with Crippen LogP contribution in [0.3, 0.4) is 0 Å². The van der Waals surface area contributed by atoms with Gasteiger partial charge in [0.2, 0.25) is 0 Å². The van der Waals surface area contributed by atoms with Gasteiger partial charge < -0.3 is 16.4 Å². The third-order valence-corrected chi connectivity index (χ3v) is 2.50. The largest absolute Gasteiger partial charge is 0.336 e. The number of carbonyl (C=O) groups is 1. The third kappa shape index (κ3) is 2.59. The SMILES string of the molecule is CC(C)NC(=O)NC1(CN)CCC1. The van der Waals surface area contributed by atoms with Crippen LogP contribution in [0.4, 0.5) is 4.79 Å². The summed E-state index contributed by atoms with van der Waals surface area (Å²) >= 11 is 0. The summed E-state index contributed by atoms with van der Waals surface area (Å²) in [4.78, 5) is 11.3. The molecule has 1 rings (SSSR count). The Hall–Kier alpha value is -0.770. The zero-order valence-electron chi connectivity index (χ0n) is 8.39. The molecule has 4 N–H and O–H groups in total. The molecule has 76 valence electrons. The maximum absolute atomic E-state index is 11.3. The minimum absolute atomic E-state index is 0.0971. The van der Waals surface area contributed by atoms with Gasteiger partial charge in [-0.25, -0.2) is 4.79 Å². The second-order valence-electron chi connectivity index (χ2n) is 4.09. The van der Waals surface area contributed by atoms with E-state index in [1.165, 1.54) is 6.42 Å². The van der Waals surface area contributed by atoms with Crippen LogP contribution in [0.5, 0.6) is 0 Å². The Bertz CT molecular complexity index is 182. The van der Waals surface area contributed by atoms with E-state index >= 15 is 0 Å². The van der Waals surface area contributed by atoms with Crippen molar-refractivity contribution in [3.05, 3.63) is 0 Å². The zero-order valence-corrected chi connectivity index (χ0v) is 8.39. The lowest BCUT2D eigenvalue weighted by Gasteiger charge is -2.41. The highest BCUT2D eigenvalue weighted by atomic mass is 16.2. The first-order valence-corrected chi connectivity index (χ1v) is 4.87. The van der Waals surface area contributed by atoms with Gasteiger partial charge in [0.15, 0.2) is 0 Å². The van der Waals surface area contributed by atoms with E-state index in [1.807, 2.05) is 13.8 Å². The van der Waals surface area contributed by atoms with E-state index < -0.39 is 0 Å². The summed E-state index contributed by atoms with van der Waals surface area (Å²) in [6, 6.07) is 0.0788. The van der Waals surface area contributed by atoms with Gasteiger partial charge in [-0.1, -0.05) is 0 Å². The molecule has 13 heavy (non-hydrogen) atoms. The second kappa shape index (κ2) is 3.96. The van der Waals surface area contributed by atoms with Crippen molar-refractivity contribution in [3.8, 4) is 0 Å². The van der Waals surface area contributed by atoms with Crippen molar-refractivity contribution in [2.45, 2.75) is 44.7 Å². The number of hydrogen-bond acceptors (Lipinski definition) is 2. The second-order valence-corrected chi connectivity index (χ2v) is 4.09. The highest BCUT2D eigenvalue weighted by Gasteiger charge is 2.36. The first-order valence-electron chi connectivity index (χ1n) is 4.87. The molecule has 0 aromatic carbocycles. The molecule has 4 heteroatoms. The topological polar surface area (TPSA) is 67.2 Å². The standard InChI is InChI=1S/C9H19N3O/c1-7(2)11-8(13)12-9(6-10)4-3-5-9/h7H,3-6,10H2,1-2H3,(H2,11,12,13). The Morgan fingerprint density at radius 3 is 2.46 bits per heavy atom. The summed E-state index contributed by atoms with van der Waals surface area (Å²) in [7, 11) is 0. The van der Waals surface area contributed by atoms with Gasteiger partial charge >= 0.3 is 6.03 Å². The van der Waals surface area contributed by atoms with Crippen molar-refractivity contribution >= 4 is 6.03 Å². The van der Waals surface area contributed by atoms with E-state index in [2.05, 4.69) is 10.6 Å². The molecular formula is C9H19N3O. The number of carbonyl (C=O) groups excluding carboxylic acids is 1. The molecule has 4 nitrogen and oxygen atoms in total. The maximum Gasteiger partial charge on any atom is 0.315 e. The van der Waals surface area contributed by atoms with E-state index in [-0.39, 0.29) is 17.6 Å². The predicted octanol–water partition coefficient (Wildman–Crippen LogP) is 0.575. The van der Waals surface area contributed by atoms with Gasteiger partial charge in [0.05, 0.1) is 5.54 Å². The van der Waals surface area contributed by atoms with Crippen LogP contribution >= 0.6 is 0 Å². The summed E-state index contributed by atoms with van der Waals surface area (Å²) in [5, 5.41) is 5.73.